The van der Waals surface area contributed by atoms with Gasteiger partial charge in [-0.1, -0.05) is 28.1 Å². The molecule has 2 nitrogen and oxygen atoms in total. The quantitative estimate of drug-likeness (QED) is 0.761. The van der Waals surface area contributed by atoms with Gasteiger partial charge in [0.25, 0.3) is 0 Å². The lowest BCUT2D eigenvalue weighted by Gasteiger charge is -2.09. The van der Waals surface area contributed by atoms with Crippen LogP contribution in [0.4, 0.5) is 0 Å². The number of carbonyl (C=O) groups excluding carboxylic acids is 1. The predicted molar refractivity (Wildman–Crippen MR) is 59.1 cm³/mol. The van der Waals surface area contributed by atoms with E-state index in [0.29, 0.717) is 6.61 Å². The SMILES string of the molecule is CC(=O)OCc1ccc(C)c(C)c1Br. The molecule has 1 rings (SSSR count). The Bertz CT molecular complexity index is 359. The molecule has 0 aliphatic carbocycles. The smallest absolute Gasteiger partial charge is 0.302 e. The number of hydrogen-bond acceptors (Lipinski definition) is 2. The van der Waals surface area contributed by atoms with E-state index in [-0.39, 0.29) is 5.97 Å². The van der Waals surface area contributed by atoms with Gasteiger partial charge in [0.1, 0.15) is 6.61 Å². The van der Waals surface area contributed by atoms with Crippen molar-refractivity contribution >= 4 is 21.9 Å². The van der Waals surface area contributed by atoms with E-state index in [4.69, 9.17) is 4.74 Å². The zero-order chi connectivity index (χ0) is 10.7. The lowest BCUT2D eigenvalue weighted by atomic mass is 10.1. The topological polar surface area (TPSA) is 26.3 Å². The van der Waals surface area contributed by atoms with Crippen molar-refractivity contribution in [1.29, 1.82) is 0 Å². The maximum atomic E-state index is 10.6. The van der Waals surface area contributed by atoms with Crippen molar-refractivity contribution < 1.29 is 9.53 Å². The van der Waals surface area contributed by atoms with E-state index in [1.54, 1.807) is 0 Å². The Labute approximate surface area is 92.4 Å². The number of ether oxygens (including phenoxy) is 1. The molecule has 1 aromatic carbocycles. The van der Waals surface area contributed by atoms with Crippen molar-refractivity contribution in [1.82, 2.24) is 0 Å². The summed E-state index contributed by atoms with van der Waals surface area (Å²) in [6.07, 6.45) is 0. The van der Waals surface area contributed by atoms with Gasteiger partial charge in [0, 0.05) is 17.0 Å². The van der Waals surface area contributed by atoms with Gasteiger partial charge in [0.15, 0.2) is 0 Å². The molecule has 0 bridgehead atoms. The van der Waals surface area contributed by atoms with E-state index in [1.807, 2.05) is 19.1 Å². The lowest BCUT2D eigenvalue weighted by Crippen LogP contribution is -2.00. The summed E-state index contributed by atoms with van der Waals surface area (Å²) in [5.74, 6) is -0.255. The summed E-state index contributed by atoms with van der Waals surface area (Å²) >= 11 is 3.49. The van der Waals surface area contributed by atoms with E-state index in [1.165, 1.54) is 18.1 Å². The van der Waals surface area contributed by atoms with Crippen LogP contribution in [0.1, 0.15) is 23.6 Å². The van der Waals surface area contributed by atoms with Crippen molar-refractivity contribution in [2.24, 2.45) is 0 Å². The third-order valence-corrected chi connectivity index (χ3v) is 3.27. The van der Waals surface area contributed by atoms with Crippen molar-refractivity contribution in [2.45, 2.75) is 27.4 Å². The number of aryl methyl sites for hydroxylation is 1. The third-order valence-electron chi connectivity index (χ3n) is 2.17. The molecule has 0 N–H and O–H groups in total. The van der Waals surface area contributed by atoms with E-state index in [9.17, 15) is 4.79 Å². The van der Waals surface area contributed by atoms with Gasteiger partial charge in [-0.3, -0.25) is 4.79 Å². The number of rotatable bonds is 2. The van der Waals surface area contributed by atoms with E-state index < -0.39 is 0 Å². The van der Waals surface area contributed by atoms with E-state index in [2.05, 4.69) is 22.9 Å². The second-order valence-corrected chi connectivity index (χ2v) is 4.05. The Morgan fingerprint density at radius 1 is 1.43 bits per heavy atom. The van der Waals surface area contributed by atoms with Gasteiger partial charge in [0.05, 0.1) is 0 Å². The summed E-state index contributed by atoms with van der Waals surface area (Å²) in [6, 6.07) is 3.99. The van der Waals surface area contributed by atoms with E-state index in [0.717, 1.165) is 10.0 Å². The highest BCUT2D eigenvalue weighted by Crippen LogP contribution is 2.24. The van der Waals surface area contributed by atoms with Crippen LogP contribution in [0.3, 0.4) is 0 Å². The minimum Gasteiger partial charge on any atom is -0.461 e. The minimum atomic E-state index is -0.255. The first kappa shape index (κ1) is 11.2. The van der Waals surface area contributed by atoms with Crippen LogP contribution in [0.5, 0.6) is 0 Å². The number of benzene rings is 1. The van der Waals surface area contributed by atoms with Gasteiger partial charge in [0.2, 0.25) is 0 Å². The lowest BCUT2D eigenvalue weighted by molar-refractivity contribution is -0.142. The number of hydrogen-bond donors (Lipinski definition) is 0. The van der Waals surface area contributed by atoms with Gasteiger partial charge in [-0.15, -0.1) is 0 Å². The van der Waals surface area contributed by atoms with E-state index >= 15 is 0 Å². The molecule has 14 heavy (non-hydrogen) atoms. The second kappa shape index (κ2) is 4.60. The van der Waals surface area contributed by atoms with Gasteiger partial charge < -0.3 is 4.74 Å². The molecule has 1 aromatic rings. The fourth-order valence-electron chi connectivity index (χ4n) is 1.13. The van der Waals surface area contributed by atoms with Crippen LogP contribution < -0.4 is 0 Å². The molecule has 0 aliphatic heterocycles. The first-order valence-corrected chi connectivity index (χ1v) is 5.19. The average molecular weight is 257 g/mol. The van der Waals surface area contributed by atoms with Crippen LogP contribution in [0, 0.1) is 13.8 Å². The van der Waals surface area contributed by atoms with Gasteiger partial charge in [-0.25, -0.2) is 0 Å². The van der Waals surface area contributed by atoms with Crippen molar-refractivity contribution in [3.8, 4) is 0 Å². The summed E-state index contributed by atoms with van der Waals surface area (Å²) in [4.78, 5) is 10.6. The average Bonchev–Trinajstić information content (AvgIpc) is 2.13. The molecule has 0 fully saturated rings. The van der Waals surface area contributed by atoms with Crippen LogP contribution in [-0.2, 0) is 16.1 Å². The zero-order valence-electron chi connectivity index (χ0n) is 8.56. The monoisotopic (exact) mass is 256 g/mol. The number of halogens is 1. The van der Waals surface area contributed by atoms with Crippen LogP contribution >= 0.6 is 15.9 Å². The Kier molecular flexibility index (Phi) is 3.69. The standard InChI is InChI=1S/C11H13BrO2/c1-7-4-5-10(6-14-9(3)13)11(12)8(7)2/h4-5H,6H2,1-3H3. The fourth-order valence-corrected chi connectivity index (χ4v) is 1.69. The number of carbonyl (C=O) groups is 1. The molecule has 0 aliphatic rings. The number of esters is 1. The summed E-state index contributed by atoms with van der Waals surface area (Å²) in [5.41, 5.74) is 3.42. The molecular weight excluding hydrogens is 244 g/mol. The molecule has 0 spiro atoms. The van der Waals surface area contributed by atoms with Crippen LogP contribution in [0.25, 0.3) is 0 Å². The third kappa shape index (κ3) is 2.58. The first-order chi connectivity index (χ1) is 6.52. The minimum absolute atomic E-state index is 0.255. The fraction of sp³-hybridized carbons (Fsp3) is 0.364. The van der Waals surface area contributed by atoms with Crippen molar-refractivity contribution in [2.75, 3.05) is 0 Å². The normalized spacial score (nSPS) is 10.0. The second-order valence-electron chi connectivity index (χ2n) is 3.26. The Morgan fingerprint density at radius 3 is 2.64 bits per heavy atom. The van der Waals surface area contributed by atoms with Gasteiger partial charge in [-0.05, 0) is 25.0 Å². The maximum absolute atomic E-state index is 10.6. The molecule has 0 atom stereocenters. The van der Waals surface area contributed by atoms with Gasteiger partial charge >= 0.3 is 5.97 Å². The highest BCUT2D eigenvalue weighted by molar-refractivity contribution is 9.10. The maximum Gasteiger partial charge on any atom is 0.302 e. The molecule has 0 heterocycles. The summed E-state index contributed by atoms with van der Waals surface area (Å²) in [7, 11) is 0. The molecule has 0 saturated heterocycles. The van der Waals surface area contributed by atoms with Crippen LogP contribution in [-0.4, -0.2) is 5.97 Å². The molecule has 0 unspecified atom stereocenters. The predicted octanol–water partition coefficient (Wildman–Crippen LogP) is 3.13. The Balaban J connectivity index is 2.88. The highest BCUT2D eigenvalue weighted by atomic mass is 79.9. The molecule has 0 amide bonds. The summed E-state index contributed by atoms with van der Waals surface area (Å²) in [6.45, 7) is 5.83. The molecule has 76 valence electrons. The molecular formula is C11H13BrO2. The first-order valence-electron chi connectivity index (χ1n) is 4.40. The Hall–Kier alpha value is -0.830. The Morgan fingerprint density at radius 2 is 2.07 bits per heavy atom. The van der Waals surface area contributed by atoms with Gasteiger partial charge in [-0.2, -0.15) is 0 Å². The molecule has 3 heteroatoms. The van der Waals surface area contributed by atoms with Crippen molar-refractivity contribution in [3.63, 3.8) is 0 Å². The largest absolute Gasteiger partial charge is 0.461 e. The molecule has 0 aromatic heterocycles. The summed E-state index contributed by atoms with van der Waals surface area (Å²) in [5, 5.41) is 0. The van der Waals surface area contributed by atoms with Crippen LogP contribution in [0.2, 0.25) is 0 Å². The zero-order valence-corrected chi connectivity index (χ0v) is 10.1. The molecule has 0 saturated carbocycles. The molecule has 0 radical (unpaired) electrons. The van der Waals surface area contributed by atoms with Crippen LogP contribution in [0.15, 0.2) is 16.6 Å². The van der Waals surface area contributed by atoms with Crippen molar-refractivity contribution in [3.05, 3.63) is 33.3 Å². The highest BCUT2D eigenvalue weighted by Gasteiger charge is 2.06. The summed E-state index contributed by atoms with van der Waals surface area (Å²) < 4.78 is 5.96.